The van der Waals surface area contributed by atoms with Gasteiger partial charge in [-0.05, 0) is 25.8 Å². The summed E-state index contributed by atoms with van der Waals surface area (Å²) in [6.45, 7) is 1.67. The zero-order valence-corrected chi connectivity index (χ0v) is 12.3. The standard InChI is InChI=1S/C16H13F2NO4/c1-2-23-16(22)10-6-19(8-3-4-8)14-9(15(10)21)5-12(17)11(7-20)13(14)18/h5-8H,2-4H2,1H3. The van der Waals surface area contributed by atoms with Crippen molar-refractivity contribution in [1.82, 2.24) is 4.57 Å². The zero-order chi connectivity index (χ0) is 16.7. The maximum Gasteiger partial charge on any atom is 0.343 e. The van der Waals surface area contributed by atoms with Crippen LogP contribution in [0.5, 0.6) is 0 Å². The van der Waals surface area contributed by atoms with E-state index in [1.54, 1.807) is 6.92 Å². The van der Waals surface area contributed by atoms with Crippen LogP contribution in [0.15, 0.2) is 17.1 Å². The highest BCUT2D eigenvalue weighted by Crippen LogP contribution is 2.38. The normalized spacial score (nSPS) is 14.0. The summed E-state index contributed by atoms with van der Waals surface area (Å²) < 4.78 is 34.6. The molecule has 0 bridgehead atoms. The van der Waals surface area contributed by atoms with Crippen LogP contribution in [0.4, 0.5) is 8.78 Å². The number of fused-ring (bicyclic) bond motifs is 1. The van der Waals surface area contributed by atoms with Crippen molar-refractivity contribution in [2.75, 3.05) is 6.61 Å². The van der Waals surface area contributed by atoms with E-state index in [9.17, 15) is 23.2 Å². The molecule has 23 heavy (non-hydrogen) atoms. The molecule has 1 aromatic heterocycles. The third-order valence-corrected chi connectivity index (χ3v) is 3.80. The Morgan fingerprint density at radius 3 is 2.70 bits per heavy atom. The van der Waals surface area contributed by atoms with Gasteiger partial charge in [0, 0.05) is 12.2 Å². The van der Waals surface area contributed by atoms with Gasteiger partial charge < -0.3 is 9.30 Å². The number of ether oxygens (including phenoxy) is 1. The number of esters is 1. The molecule has 0 atom stereocenters. The fourth-order valence-corrected chi connectivity index (χ4v) is 2.56. The number of pyridine rings is 1. The van der Waals surface area contributed by atoms with Gasteiger partial charge in [-0.2, -0.15) is 0 Å². The van der Waals surface area contributed by atoms with Crippen LogP contribution in [-0.4, -0.2) is 23.4 Å². The maximum absolute atomic E-state index is 14.5. The van der Waals surface area contributed by atoms with Crippen LogP contribution < -0.4 is 5.43 Å². The molecule has 1 heterocycles. The SMILES string of the molecule is CCOC(=O)c1cn(C2CC2)c2c(F)c(C=O)c(F)cc2c1=O. The number of carbonyl (C=O) groups is 2. The third kappa shape index (κ3) is 2.42. The number of aldehydes is 1. The lowest BCUT2D eigenvalue weighted by Gasteiger charge is -2.14. The number of aromatic nitrogens is 1. The Kier molecular flexibility index (Phi) is 3.71. The molecule has 1 aliphatic carbocycles. The first-order chi connectivity index (χ1) is 11.0. The molecule has 3 rings (SSSR count). The largest absolute Gasteiger partial charge is 0.462 e. The first-order valence-electron chi connectivity index (χ1n) is 7.18. The Morgan fingerprint density at radius 1 is 1.43 bits per heavy atom. The molecule has 1 aliphatic rings. The summed E-state index contributed by atoms with van der Waals surface area (Å²) in [6, 6.07) is 0.706. The number of hydrogen-bond donors (Lipinski definition) is 0. The molecular formula is C16H13F2NO4. The van der Waals surface area contributed by atoms with Crippen molar-refractivity contribution in [2.24, 2.45) is 0 Å². The minimum Gasteiger partial charge on any atom is -0.462 e. The monoisotopic (exact) mass is 321 g/mol. The van der Waals surface area contributed by atoms with Crippen LogP contribution >= 0.6 is 0 Å². The van der Waals surface area contributed by atoms with E-state index in [2.05, 4.69) is 0 Å². The van der Waals surface area contributed by atoms with Crippen LogP contribution in [-0.2, 0) is 4.74 Å². The number of benzene rings is 1. The molecule has 0 radical (unpaired) electrons. The predicted molar refractivity (Wildman–Crippen MR) is 77.7 cm³/mol. The molecule has 0 spiro atoms. The van der Waals surface area contributed by atoms with Gasteiger partial charge in [-0.15, -0.1) is 0 Å². The van der Waals surface area contributed by atoms with Crippen molar-refractivity contribution < 1.29 is 23.1 Å². The Hall–Kier alpha value is -2.57. The van der Waals surface area contributed by atoms with Crippen LogP contribution in [0.3, 0.4) is 0 Å². The van der Waals surface area contributed by atoms with E-state index in [1.807, 2.05) is 0 Å². The quantitative estimate of drug-likeness (QED) is 0.641. The van der Waals surface area contributed by atoms with Crippen LogP contribution in [0.25, 0.3) is 10.9 Å². The fourth-order valence-electron chi connectivity index (χ4n) is 2.56. The lowest BCUT2D eigenvalue weighted by Crippen LogP contribution is -2.22. The number of rotatable bonds is 4. The van der Waals surface area contributed by atoms with Gasteiger partial charge in [-0.3, -0.25) is 9.59 Å². The van der Waals surface area contributed by atoms with Crippen molar-refractivity contribution in [3.63, 3.8) is 0 Å². The molecule has 2 aromatic rings. The van der Waals surface area contributed by atoms with Crippen LogP contribution in [0, 0.1) is 11.6 Å². The topological polar surface area (TPSA) is 65.4 Å². The number of carbonyl (C=O) groups excluding carboxylic acids is 2. The molecule has 1 fully saturated rings. The summed E-state index contributed by atoms with van der Waals surface area (Å²) in [5.41, 5.74) is -1.97. The highest BCUT2D eigenvalue weighted by Gasteiger charge is 2.30. The summed E-state index contributed by atoms with van der Waals surface area (Å²) >= 11 is 0. The molecule has 7 heteroatoms. The van der Waals surface area contributed by atoms with Gasteiger partial charge in [0.15, 0.2) is 12.1 Å². The second-order valence-corrected chi connectivity index (χ2v) is 5.33. The molecule has 1 aromatic carbocycles. The van der Waals surface area contributed by atoms with Gasteiger partial charge in [-0.1, -0.05) is 0 Å². The van der Waals surface area contributed by atoms with Crippen LogP contribution in [0.1, 0.15) is 46.5 Å². The van der Waals surface area contributed by atoms with Gasteiger partial charge in [-0.25, -0.2) is 13.6 Å². The molecule has 5 nitrogen and oxygen atoms in total. The Morgan fingerprint density at radius 2 is 2.13 bits per heavy atom. The number of nitrogens with zero attached hydrogens (tertiary/aromatic N) is 1. The Labute approximate surface area is 129 Å². The molecule has 0 N–H and O–H groups in total. The first-order valence-corrected chi connectivity index (χ1v) is 7.18. The van der Waals surface area contributed by atoms with Crippen LogP contribution in [0.2, 0.25) is 0 Å². The summed E-state index contributed by atoms with van der Waals surface area (Å²) in [5, 5.41) is -0.275. The number of hydrogen-bond acceptors (Lipinski definition) is 4. The molecule has 0 unspecified atom stereocenters. The molecular weight excluding hydrogens is 308 g/mol. The lowest BCUT2D eigenvalue weighted by molar-refractivity contribution is 0.0524. The minimum atomic E-state index is -1.13. The second kappa shape index (κ2) is 5.57. The van der Waals surface area contributed by atoms with E-state index >= 15 is 0 Å². The van der Waals surface area contributed by atoms with E-state index in [4.69, 9.17) is 4.74 Å². The van der Waals surface area contributed by atoms with E-state index in [0.717, 1.165) is 18.9 Å². The molecule has 0 saturated heterocycles. The third-order valence-electron chi connectivity index (χ3n) is 3.80. The molecule has 120 valence electrons. The van der Waals surface area contributed by atoms with E-state index in [-0.39, 0.29) is 35.4 Å². The van der Waals surface area contributed by atoms with Gasteiger partial charge in [0.25, 0.3) is 0 Å². The van der Waals surface area contributed by atoms with Crippen molar-refractivity contribution >= 4 is 23.2 Å². The summed E-state index contributed by atoms with van der Waals surface area (Å²) in [5.74, 6) is -3.06. The molecule has 0 aliphatic heterocycles. The predicted octanol–water partition coefficient (Wildman–Crippen LogP) is 2.60. The Balaban J connectivity index is 2.40. The van der Waals surface area contributed by atoms with Crippen molar-refractivity contribution in [1.29, 1.82) is 0 Å². The van der Waals surface area contributed by atoms with Crippen molar-refractivity contribution in [2.45, 2.75) is 25.8 Å². The average Bonchev–Trinajstić information content (AvgIpc) is 3.33. The van der Waals surface area contributed by atoms with Gasteiger partial charge in [0.05, 0.1) is 23.1 Å². The van der Waals surface area contributed by atoms with Crippen molar-refractivity contribution in [3.05, 3.63) is 45.2 Å². The summed E-state index contributed by atoms with van der Waals surface area (Å²) in [6.07, 6.45) is 2.79. The van der Waals surface area contributed by atoms with Gasteiger partial charge in [0.1, 0.15) is 11.4 Å². The zero-order valence-electron chi connectivity index (χ0n) is 12.3. The van der Waals surface area contributed by atoms with Gasteiger partial charge >= 0.3 is 5.97 Å². The first kappa shape index (κ1) is 15.3. The van der Waals surface area contributed by atoms with Gasteiger partial charge in [0.2, 0.25) is 5.43 Å². The smallest absolute Gasteiger partial charge is 0.343 e. The Bertz CT molecular complexity index is 884. The van der Waals surface area contributed by atoms with Crippen molar-refractivity contribution in [3.8, 4) is 0 Å². The maximum atomic E-state index is 14.5. The minimum absolute atomic E-state index is 0.0745. The van der Waals surface area contributed by atoms with E-state index in [0.29, 0.717) is 0 Å². The van der Waals surface area contributed by atoms with E-state index < -0.39 is 28.6 Å². The fraction of sp³-hybridized carbons (Fsp3) is 0.312. The molecule has 0 amide bonds. The van der Waals surface area contributed by atoms with E-state index in [1.165, 1.54) is 10.8 Å². The second-order valence-electron chi connectivity index (χ2n) is 5.33. The number of halogens is 2. The molecule has 1 saturated carbocycles. The lowest BCUT2D eigenvalue weighted by atomic mass is 10.1. The summed E-state index contributed by atoms with van der Waals surface area (Å²) in [7, 11) is 0. The average molecular weight is 321 g/mol. The highest BCUT2D eigenvalue weighted by atomic mass is 19.1. The summed E-state index contributed by atoms with van der Waals surface area (Å²) in [4.78, 5) is 35.2. The highest BCUT2D eigenvalue weighted by molar-refractivity contribution is 5.95.